The second kappa shape index (κ2) is 6.45. The molecule has 0 saturated carbocycles. The van der Waals surface area contributed by atoms with Crippen LogP contribution in [0.4, 0.5) is 5.82 Å². The van der Waals surface area contributed by atoms with Crippen molar-refractivity contribution in [2.45, 2.75) is 12.6 Å². The maximum atomic E-state index is 10.6. The molecule has 0 bridgehead atoms. The topological polar surface area (TPSA) is 90.4 Å². The number of hydrogen-bond donors (Lipinski definition) is 1. The minimum atomic E-state index is -0.803. The molecule has 1 N–H and O–H groups in total. The van der Waals surface area contributed by atoms with Crippen molar-refractivity contribution in [2.24, 2.45) is 0 Å². The number of nitrogens with zero attached hydrogens (tertiary/aromatic N) is 3. The zero-order chi connectivity index (χ0) is 16.2. The smallest absolute Gasteiger partial charge is 0.381 e. The summed E-state index contributed by atoms with van der Waals surface area (Å²) in [7, 11) is 0. The van der Waals surface area contributed by atoms with Gasteiger partial charge in [-0.2, -0.15) is 0 Å². The van der Waals surface area contributed by atoms with E-state index in [1.807, 2.05) is 42.5 Å². The van der Waals surface area contributed by atoms with Gasteiger partial charge in [0, 0.05) is 5.39 Å². The Morgan fingerprint density at radius 3 is 2.83 bits per heavy atom. The Morgan fingerprint density at radius 1 is 1.26 bits per heavy atom. The van der Waals surface area contributed by atoms with E-state index >= 15 is 0 Å². The minimum absolute atomic E-state index is 0.0833. The van der Waals surface area contributed by atoms with Gasteiger partial charge in [-0.15, -0.1) is 0 Å². The molecule has 23 heavy (non-hydrogen) atoms. The summed E-state index contributed by atoms with van der Waals surface area (Å²) in [6, 6.07) is 13.5. The molecule has 0 radical (unpaired) electrons. The van der Waals surface area contributed by atoms with Gasteiger partial charge in [0.2, 0.25) is 6.33 Å². The first kappa shape index (κ1) is 15.0. The Balaban J connectivity index is 1.63. The normalized spacial score (nSPS) is 12.2. The predicted molar refractivity (Wildman–Crippen MR) is 84.3 cm³/mol. The van der Waals surface area contributed by atoms with Crippen LogP contribution in [0.3, 0.4) is 0 Å². The van der Waals surface area contributed by atoms with Crippen molar-refractivity contribution in [2.75, 3.05) is 6.61 Å². The summed E-state index contributed by atoms with van der Waals surface area (Å²) in [5.74, 6) is 0.450. The highest BCUT2D eigenvalue weighted by molar-refractivity contribution is 5.88. The van der Waals surface area contributed by atoms with Gasteiger partial charge in [-0.1, -0.05) is 36.4 Å². The zero-order valence-corrected chi connectivity index (χ0v) is 12.2. The number of benzene rings is 2. The van der Waals surface area contributed by atoms with Crippen LogP contribution in [0.2, 0.25) is 0 Å². The number of rotatable bonds is 6. The van der Waals surface area contributed by atoms with Crippen LogP contribution in [0.1, 0.15) is 0 Å². The molecule has 0 aliphatic carbocycles. The molecule has 0 saturated heterocycles. The van der Waals surface area contributed by atoms with Crippen LogP contribution < -0.4 is 4.74 Å². The van der Waals surface area contributed by atoms with Crippen molar-refractivity contribution in [3.05, 3.63) is 65.1 Å². The second-order valence-corrected chi connectivity index (χ2v) is 5.13. The van der Waals surface area contributed by atoms with Crippen molar-refractivity contribution < 1.29 is 14.8 Å². The lowest BCUT2D eigenvalue weighted by Crippen LogP contribution is -2.23. The maximum Gasteiger partial charge on any atom is 0.381 e. The minimum Gasteiger partial charge on any atom is -0.490 e. The highest BCUT2D eigenvalue weighted by Crippen LogP contribution is 2.25. The van der Waals surface area contributed by atoms with E-state index in [0.29, 0.717) is 5.75 Å². The molecule has 2 aromatic carbocycles. The van der Waals surface area contributed by atoms with Crippen LogP contribution in [-0.2, 0) is 6.54 Å². The van der Waals surface area contributed by atoms with Crippen LogP contribution in [-0.4, -0.2) is 32.3 Å². The Morgan fingerprint density at radius 2 is 2.04 bits per heavy atom. The first-order chi connectivity index (χ1) is 11.1. The molecular weight excluding hydrogens is 298 g/mol. The first-order valence-electron chi connectivity index (χ1n) is 7.08. The molecule has 0 spiro atoms. The average molecular weight is 313 g/mol. The summed E-state index contributed by atoms with van der Waals surface area (Å²) < 4.78 is 7.16. The quantitative estimate of drug-likeness (QED) is 0.557. The van der Waals surface area contributed by atoms with Crippen LogP contribution >= 0.6 is 0 Å². The lowest BCUT2D eigenvalue weighted by molar-refractivity contribution is -0.389. The van der Waals surface area contributed by atoms with Crippen molar-refractivity contribution >= 4 is 16.6 Å². The van der Waals surface area contributed by atoms with E-state index in [1.54, 1.807) is 0 Å². The molecule has 7 nitrogen and oxygen atoms in total. The van der Waals surface area contributed by atoms with E-state index in [2.05, 4.69) is 4.98 Å². The fraction of sp³-hybridized carbons (Fsp3) is 0.188. The molecule has 7 heteroatoms. The molecule has 0 fully saturated rings. The Labute approximate surface area is 131 Å². The molecule has 3 aromatic rings. The molecule has 1 heterocycles. The Bertz CT molecular complexity index is 826. The zero-order valence-electron chi connectivity index (χ0n) is 12.2. The average Bonchev–Trinajstić information content (AvgIpc) is 3.01. The van der Waals surface area contributed by atoms with Crippen LogP contribution in [0.15, 0.2) is 55.0 Å². The summed E-state index contributed by atoms with van der Waals surface area (Å²) >= 11 is 0. The summed E-state index contributed by atoms with van der Waals surface area (Å²) in [6.45, 7) is 0.256. The Kier molecular flexibility index (Phi) is 4.20. The van der Waals surface area contributed by atoms with Gasteiger partial charge in [-0.3, -0.25) is 0 Å². The number of aliphatic hydroxyl groups excluding tert-OH is 1. The van der Waals surface area contributed by atoms with E-state index in [0.717, 1.165) is 10.8 Å². The lowest BCUT2D eigenvalue weighted by Gasteiger charge is -2.13. The van der Waals surface area contributed by atoms with Gasteiger partial charge < -0.3 is 24.5 Å². The van der Waals surface area contributed by atoms with Gasteiger partial charge in [0.1, 0.15) is 24.7 Å². The number of hydrogen-bond acceptors (Lipinski definition) is 5. The summed E-state index contributed by atoms with van der Waals surface area (Å²) in [5.41, 5.74) is 0. The molecule has 0 aliphatic heterocycles. The molecule has 118 valence electrons. The number of nitro groups is 1. The van der Waals surface area contributed by atoms with Crippen molar-refractivity contribution in [1.82, 2.24) is 9.55 Å². The van der Waals surface area contributed by atoms with E-state index < -0.39 is 11.0 Å². The molecule has 1 atom stereocenters. The van der Waals surface area contributed by atoms with Gasteiger partial charge in [-0.05, 0) is 21.4 Å². The maximum absolute atomic E-state index is 10.6. The molecular formula is C16H15N3O4. The van der Waals surface area contributed by atoms with Gasteiger partial charge in [0.15, 0.2) is 0 Å². The SMILES string of the molecule is O=[N+]([O-])c1cn(C[C@@H](O)COc2cccc3ccccc23)cn1. The largest absolute Gasteiger partial charge is 0.490 e. The highest BCUT2D eigenvalue weighted by atomic mass is 16.6. The van der Waals surface area contributed by atoms with Crippen LogP contribution in [0, 0.1) is 10.1 Å². The number of imidazole rings is 1. The Hall–Kier alpha value is -2.93. The highest BCUT2D eigenvalue weighted by Gasteiger charge is 2.13. The van der Waals surface area contributed by atoms with Gasteiger partial charge in [0.05, 0.1) is 6.54 Å². The fourth-order valence-corrected chi connectivity index (χ4v) is 2.35. The second-order valence-electron chi connectivity index (χ2n) is 5.13. The fourth-order valence-electron chi connectivity index (χ4n) is 2.35. The summed E-state index contributed by atoms with van der Waals surface area (Å²) in [4.78, 5) is 13.6. The van der Waals surface area contributed by atoms with Crippen LogP contribution in [0.5, 0.6) is 5.75 Å². The third-order valence-electron chi connectivity index (χ3n) is 3.41. The number of fused-ring (bicyclic) bond motifs is 1. The number of aromatic nitrogens is 2. The predicted octanol–water partition coefficient (Wildman–Crippen LogP) is 2.38. The van der Waals surface area contributed by atoms with Crippen molar-refractivity contribution in [3.8, 4) is 5.75 Å². The standard InChI is InChI=1S/C16H15N3O4/c20-13(8-18-9-16(17-11-18)19(21)22)10-23-15-7-3-5-12-4-1-2-6-14(12)15/h1-7,9,11,13,20H,8,10H2/t13-/m1/s1. The molecule has 1 aromatic heterocycles. The third-order valence-corrected chi connectivity index (χ3v) is 3.41. The number of ether oxygens (including phenoxy) is 1. The van der Waals surface area contributed by atoms with Gasteiger partial charge in [-0.25, -0.2) is 0 Å². The third kappa shape index (κ3) is 3.46. The van der Waals surface area contributed by atoms with E-state index in [1.165, 1.54) is 17.1 Å². The van der Waals surface area contributed by atoms with Crippen LogP contribution in [0.25, 0.3) is 10.8 Å². The summed E-state index contributed by atoms with van der Waals surface area (Å²) in [6.07, 6.45) is 1.79. The van der Waals surface area contributed by atoms with E-state index in [-0.39, 0.29) is 19.0 Å². The molecule has 3 rings (SSSR count). The van der Waals surface area contributed by atoms with E-state index in [9.17, 15) is 15.2 Å². The van der Waals surface area contributed by atoms with Gasteiger partial charge in [0.25, 0.3) is 0 Å². The number of aliphatic hydroxyl groups is 1. The molecule has 0 aliphatic rings. The van der Waals surface area contributed by atoms with Gasteiger partial charge >= 0.3 is 5.82 Å². The van der Waals surface area contributed by atoms with E-state index in [4.69, 9.17) is 4.74 Å². The molecule has 0 unspecified atom stereocenters. The monoisotopic (exact) mass is 313 g/mol. The van der Waals surface area contributed by atoms with Crippen molar-refractivity contribution in [3.63, 3.8) is 0 Å². The molecule has 0 amide bonds. The lowest BCUT2D eigenvalue weighted by atomic mass is 10.1. The van der Waals surface area contributed by atoms with Crippen molar-refractivity contribution in [1.29, 1.82) is 0 Å². The summed E-state index contributed by atoms with van der Waals surface area (Å²) in [5, 5.41) is 22.7. The first-order valence-corrected chi connectivity index (χ1v) is 7.08.